The number of benzene rings is 2. The molecule has 0 aromatic heterocycles. The lowest BCUT2D eigenvalue weighted by Gasteiger charge is -2.32. The third-order valence-electron chi connectivity index (χ3n) is 4.40. The van der Waals surface area contributed by atoms with Crippen molar-refractivity contribution < 1.29 is 19.6 Å². The van der Waals surface area contributed by atoms with Crippen LogP contribution in [0.3, 0.4) is 0 Å². The molecule has 124 valence electrons. The van der Waals surface area contributed by atoms with Crippen LogP contribution in [0.5, 0.6) is 0 Å². The highest BCUT2D eigenvalue weighted by Gasteiger charge is 2.24. The van der Waals surface area contributed by atoms with Gasteiger partial charge in [0.25, 0.3) is 5.91 Å². The lowest BCUT2D eigenvalue weighted by Crippen LogP contribution is -3.13. The molecular formula is C19H20N2O3. The monoisotopic (exact) mass is 324 g/mol. The molecule has 5 heteroatoms. The number of carbonyl (C=O) groups is 2. The number of carboxylic acid groups (broad SMARTS) is 1. The number of aromatic carboxylic acids is 1. The van der Waals surface area contributed by atoms with Crippen molar-refractivity contribution >= 4 is 11.9 Å². The van der Waals surface area contributed by atoms with E-state index in [2.05, 4.69) is 12.1 Å². The van der Waals surface area contributed by atoms with Gasteiger partial charge < -0.3 is 19.7 Å². The number of hydrogen-bond donors (Lipinski definition) is 1. The highest BCUT2D eigenvalue weighted by molar-refractivity contribution is 5.97. The number of carboxylic acids is 1. The zero-order chi connectivity index (χ0) is 16.9. The minimum Gasteiger partial charge on any atom is -0.545 e. The summed E-state index contributed by atoms with van der Waals surface area (Å²) in [6.45, 7) is 4.10. The summed E-state index contributed by atoms with van der Waals surface area (Å²) in [5, 5.41) is 10.9. The lowest BCUT2D eigenvalue weighted by molar-refractivity contribution is -0.917. The van der Waals surface area contributed by atoms with Crippen LogP contribution in [0.4, 0.5) is 0 Å². The van der Waals surface area contributed by atoms with Crippen molar-refractivity contribution in [1.82, 2.24) is 4.90 Å². The van der Waals surface area contributed by atoms with Crippen molar-refractivity contribution in [1.29, 1.82) is 0 Å². The van der Waals surface area contributed by atoms with E-state index in [4.69, 9.17) is 0 Å². The summed E-state index contributed by atoms with van der Waals surface area (Å²) in [6, 6.07) is 16.4. The van der Waals surface area contributed by atoms with Crippen LogP contribution in [-0.2, 0) is 6.54 Å². The van der Waals surface area contributed by atoms with Crippen molar-refractivity contribution in [2.24, 2.45) is 0 Å². The molecule has 2 aromatic carbocycles. The third kappa shape index (κ3) is 3.81. The highest BCUT2D eigenvalue weighted by Crippen LogP contribution is 2.08. The van der Waals surface area contributed by atoms with Crippen LogP contribution in [0.2, 0.25) is 0 Å². The Hall–Kier alpha value is -2.66. The van der Waals surface area contributed by atoms with Crippen LogP contribution in [0.15, 0.2) is 54.6 Å². The summed E-state index contributed by atoms with van der Waals surface area (Å²) in [7, 11) is 0. The van der Waals surface area contributed by atoms with E-state index in [-0.39, 0.29) is 11.5 Å². The molecule has 3 rings (SSSR count). The number of rotatable bonds is 4. The SMILES string of the molecule is O=C([O-])c1cccc(C(=O)N2CC[NH+](Cc3ccccc3)CC2)c1. The van der Waals surface area contributed by atoms with Crippen molar-refractivity contribution in [2.75, 3.05) is 26.2 Å². The zero-order valence-electron chi connectivity index (χ0n) is 13.4. The molecule has 5 nitrogen and oxygen atoms in total. The minimum absolute atomic E-state index is 0.0363. The van der Waals surface area contributed by atoms with Crippen LogP contribution in [0.1, 0.15) is 26.3 Å². The third-order valence-corrected chi connectivity index (χ3v) is 4.40. The first-order valence-corrected chi connectivity index (χ1v) is 8.11. The Morgan fingerprint density at radius 2 is 1.62 bits per heavy atom. The summed E-state index contributed by atoms with van der Waals surface area (Å²) < 4.78 is 0. The molecule has 0 unspecified atom stereocenters. The zero-order valence-corrected chi connectivity index (χ0v) is 13.4. The number of hydrogen-bond acceptors (Lipinski definition) is 3. The predicted octanol–water partition coefficient (Wildman–Crippen LogP) is -0.409. The molecule has 0 atom stereocenters. The Balaban J connectivity index is 1.59. The van der Waals surface area contributed by atoms with Crippen LogP contribution in [-0.4, -0.2) is 43.0 Å². The molecule has 24 heavy (non-hydrogen) atoms. The average molecular weight is 324 g/mol. The molecule has 1 amide bonds. The van der Waals surface area contributed by atoms with E-state index in [9.17, 15) is 14.7 Å². The summed E-state index contributed by atoms with van der Waals surface area (Å²) in [5.74, 6) is -1.38. The molecule has 1 N–H and O–H groups in total. The number of piperazine rings is 1. The molecule has 1 aliphatic heterocycles. The number of nitrogens with zero attached hydrogens (tertiary/aromatic N) is 1. The van der Waals surface area contributed by atoms with Gasteiger partial charge in [-0.3, -0.25) is 4.79 Å². The Kier molecular flexibility index (Phi) is 4.91. The summed E-state index contributed by atoms with van der Waals surface area (Å²) >= 11 is 0. The van der Waals surface area contributed by atoms with Crippen molar-refractivity contribution in [2.45, 2.75) is 6.54 Å². The van der Waals surface area contributed by atoms with Gasteiger partial charge in [-0.2, -0.15) is 0 Å². The fraction of sp³-hybridized carbons (Fsp3) is 0.263. The molecule has 1 saturated heterocycles. The first-order chi connectivity index (χ1) is 11.6. The summed E-state index contributed by atoms with van der Waals surface area (Å²) in [6.07, 6.45) is 0. The van der Waals surface area contributed by atoms with Crippen LogP contribution in [0.25, 0.3) is 0 Å². The molecule has 0 spiro atoms. The maximum Gasteiger partial charge on any atom is 0.254 e. The van der Waals surface area contributed by atoms with E-state index in [1.807, 2.05) is 18.2 Å². The molecule has 1 fully saturated rings. The molecule has 0 saturated carbocycles. The van der Waals surface area contributed by atoms with Crippen LogP contribution in [0, 0.1) is 0 Å². The maximum absolute atomic E-state index is 12.5. The molecule has 0 bridgehead atoms. The second-order valence-electron chi connectivity index (χ2n) is 6.07. The topological polar surface area (TPSA) is 64.9 Å². The van der Waals surface area contributed by atoms with Gasteiger partial charge in [-0.15, -0.1) is 0 Å². The van der Waals surface area contributed by atoms with Gasteiger partial charge in [0.2, 0.25) is 0 Å². The van der Waals surface area contributed by atoms with Crippen molar-refractivity contribution in [3.63, 3.8) is 0 Å². The Morgan fingerprint density at radius 3 is 2.29 bits per heavy atom. The first kappa shape index (κ1) is 16.2. The number of quaternary nitrogens is 1. The Morgan fingerprint density at radius 1 is 0.958 bits per heavy atom. The largest absolute Gasteiger partial charge is 0.545 e. The Bertz CT molecular complexity index is 722. The number of nitrogens with one attached hydrogen (secondary N) is 1. The predicted molar refractivity (Wildman–Crippen MR) is 87.5 cm³/mol. The van der Waals surface area contributed by atoms with Gasteiger partial charge in [0.05, 0.1) is 32.1 Å². The average Bonchev–Trinajstić information content (AvgIpc) is 2.63. The van der Waals surface area contributed by atoms with E-state index in [1.54, 1.807) is 17.0 Å². The van der Waals surface area contributed by atoms with E-state index < -0.39 is 5.97 Å². The molecule has 0 aliphatic carbocycles. The molecule has 1 aliphatic rings. The van der Waals surface area contributed by atoms with Gasteiger partial charge in [-0.1, -0.05) is 42.5 Å². The van der Waals surface area contributed by atoms with Crippen molar-refractivity contribution in [3.05, 3.63) is 71.3 Å². The van der Waals surface area contributed by atoms with Crippen LogP contribution >= 0.6 is 0 Å². The summed E-state index contributed by atoms with van der Waals surface area (Å²) in [5.41, 5.74) is 1.74. The van der Waals surface area contributed by atoms with Gasteiger partial charge in [0, 0.05) is 11.1 Å². The minimum atomic E-state index is -1.26. The second kappa shape index (κ2) is 7.27. The van der Waals surface area contributed by atoms with E-state index in [0.29, 0.717) is 18.7 Å². The van der Waals surface area contributed by atoms with Gasteiger partial charge >= 0.3 is 0 Å². The molecular weight excluding hydrogens is 304 g/mol. The van der Waals surface area contributed by atoms with Gasteiger partial charge in [-0.05, 0) is 17.7 Å². The Labute approximate surface area is 141 Å². The fourth-order valence-corrected chi connectivity index (χ4v) is 3.05. The second-order valence-corrected chi connectivity index (χ2v) is 6.07. The van der Waals surface area contributed by atoms with E-state index >= 15 is 0 Å². The quantitative estimate of drug-likeness (QED) is 0.832. The lowest BCUT2D eigenvalue weighted by atomic mass is 10.1. The van der Waals surface area contributed by atoms with Gasteiger partial charge in [0.15, 0.2) is 0 Å². The standard InChI is InChI=1S/C19H20N2O3/c22-18(16-7-4-8-17(13-16)19(23)24)21-11-9-20(10-12-21)14-15-5-2-1-3-6-15/h1-8,13H,9-12,14H2,(H,23,24). The number of amides is 1. The smallest absolute Gasteiger partial charge is 0.254 e. The maximum atomic E-state index is 12.5. The van der Waals surface area contributed by atoms with Gasteiger partial charge in [-0.25, -0.2) is 0 Å². The van der Waals surface area contributed by atoms with E-state index in [0.717, 1.165) is 19.6 Å². The highest BCUT2D eigenvalue weighted by atomic mass is 16.4. The van der Waals surface area contributed by atoms with Crippen LogP contribution < -0.4 is 10.0 Å². The van der Waals surface area contributed by atoms with Gasteiger partial charge in [0.1, 0.15) is 6.54 Å². The molecule has 2 aromatic rings. The number of carbonyl (C=O) groups excluding carboxylic acids is 2. The van der Waals surface area contributed by atoms with E-state index in [1.165, 1.54) is 22.6 Å². The molecule has 0 radical (unpaired) electrons. The fourth-order valence-electron chi connectivity index (χ4n) is 3.05. The summed E-state index contributed by atoms with van der Waals surface area (Å²) in [4.78, 5) is 26.7. The van der Waals surface area contributed by atoms with Crippen molar-refractivity contribution in [3.8, 4) is 0 Å². The first-order valence-electron chi connectivity index (χ1n) is 8.11. The normalized spacial score (nSPS) is 15.2. The molecule has 1 heterocycles.